The van der Waals surface area contributed by atoms with Crippen molar-refractivity contribution in [3.8, 4) is 0 Å². The summed E-state index contributed by atoms with van der Waals surface area (Å²) in [5, 5.41) is 3.35. The SMILES string of the molecule is CCC(NC)c1ccn(Cc2ccc(C)c(C)c2)c1. The van der Waals surface area contributed by atoms with Gasteiger partial charge in [-0.05, 0) is 55.6 Å². The van der Waals surface area contributed by atoms with Crippen LogP contribution in [0.25, 0.3) is 0 Å². The first-order chi connectivity index (χ1) is 9.13. The van der Waals surface area contributed by atoms with Crippen molar-refractivity contribution in [3.63, 3.8) is 0 Å². The van der Waals surface area contributed by atoms with Crippen LogP contribution in [0.1, 0.15) is 41.6 Å². The Kier molecular flexibility index (Phi) is 4.43. The molecule has 2 aromatic rings. The average molecular weight is 256 g/mol. The molecule has 0 radical (unpaired) electrons. The van der Waals surface area contributed by atoms with Crippen LogP contribution in [0.5, 0.6) is 0 Å². The van der Waals surface area contributed by atoms with E-state index in [0.29, 0.717) is 6.04 Å². The second-order valence-corrected chi connectivity index (χ2v) is 5.29. The van der Waals surface area contributed by atoms with Gasteiger partial charge in [-0.1, -0.05) is 25.1 Å². The molecule has 1 N–H and O–H groups in total. The molecule has 0 fully saturated rings. The van der Waals surface area contributed by atoms with Crippen LogP contribution in [0.2, 0.25) is 0 Å². The molecule has 0 aliphatic heterocycles. The molecule has 19 heavy (non-hydrogen) atoms. The maximum Gasteiger partial charge on any atom is 0.0470 e. The lowest BCUT2D eigenvalue weighted by molar-refractivity contribution is 0.575. The van der Waals surface area contributed by atoms with E-state index in [4.69, 9.17) is 0 Å². The first kappa shape index (κ1) is 13.9. The average Bonchev–Trinajstić information content (AvgIpc) is 2.84. The summed E-state index contributed by atoms with van der Waals surface area (Å²) in [6.45, 7) is 7.49. The molecule has 2 heteroatoms. The summed E-state index contributed by atoms with van der Waals surface area (Å²) in [6.07, 6.45) is 5.54. The van der Waals surface area contributed by atoms with Gasteiger partial charge in [0.1, 0.15) is 0 Å². The molecule has 0 amide bonds. The Balaban J connectivity index is 2.13. The number of hydrogen-bond acceptors (Lipinski definition) is 1. The minimum absolute atomic E-state index is 0.459. The van der Waals surface area contributed by atoms with Gasteiger partial charge in [0.2, 0.25) is 0 Å². The molecule has 1 atom stereocenters. The van der Waals surface area contributed by atoms with Crippen molar-refractivity contribution >= 4 is 0 Å². The van der Waals surface area contributed by atoms with E-state index in [9.17, 15) is 0 Å². The Labute approximate surface area is 116 Å². The van der Waals surface area contributed by atoms with Crippen LogP contribution in [0.15, 0.2) is 36.7 Å². The minimum atomic E-state index is 0.459. The number of rotatable bonds is 5. The molecule has 0 saturated heterocycles. The highest BCUT2D eigenvalue weighted by atomic mass is 14.9. The predicted octanol–water partition coefficient (Wildman–Crippen LogP) is 3.82. The van der Waals surface area contributed by atoms with Gasteiger partial charge < -0.3 is 9.88 Å². The van der Waals surface area contributed by atoms with Gasteiger partial charge in [-0.15, -0.1) is 0 Å². The topological polar surface area (TPSA) is 17.0 Å². The van der Waals surface area contributed by atoms with Crippen LogP contribution in [-0.2, 0) is 6.54 Å². The lowest BCUT2D eigenvalue weighted by Gasteiger charge is -2.11. The monoisotopic (exact) mass is 256 g/mol. The van der Waals surface area contributed by atoms with Crippen LogP contribution < -0.4 is 5.32 Å². The summed E-state index contributed by atoms with van der Waals surface area (Å²) < 4.78 is 2.26. The van der Waals surface area contributed by atoms with E-state index in [0.717, 1.165) is 13.0 Å². The van der Waals surface area contributed by atoms with Gasteiger partial charge in [-0.25, -0.2) is 0 Å². The van der Waals surface area contributed by atoms with Crippen LogP contribution in [0.4, 0.5) is 0 Å². The minimum Gasteiger partial charge on any atom is -0.350 e. The fourth-order valence-corrected chi connectivity index (χ4v) is 2.48. The van der Waals surface area contributed by atoms with Gasteiger partial charge in [0, 0.05) is 25.0 Å². The first-order valence-corrected chi connectivity index (χ1v) is 7.03. The zero-order valence-corrected chi connectivity index (χ0v) is 12.4. The molecule has 1 unspecified atom stereocenters. The number of nitrogens with zero attached hydrogens (tertiary/aromatic N) is 1. The molecule has 2 rings (SSSR count). The van der Waals surface area contributed by atoms with E-state index < -0.39 is 0 Å². The van der Waals surface area contributed by atoms with Gasteiger partial charge in [-0.2, -0.15) is 0 Å². The standard InChI is InChI=1S/C17H24N2/c1-5-17(18-4)16-8-9-19(12-16)11-15-7-6-13(2)14(3)10-15/h6-10,12,17-18H,5,11H2,1-4H3. The first-order valence-electron chi connectivity index (χ1n) is 7.03. The van der Waals surface area contributed by atoms with Crippen molar-refractivity contribution in [1.29, 1.82) is 0 Å². The van der Waals surface area contributed by atoms with E-state index in [1.54, 1.807) is 0 Å². The van der Waals surface area contributed by atoms with Crippen molar-refractivity contribution < 1.29 is 0 Å². The number of nitrogens with one attached hydrogen (secondary N) is 1. The van der Waals surface area contributed by atoms with Crippen molar-refractivity contribution in [2.45, 2.75) is 39.8 Å². The fraction of sp³-hybridized carbons (Fsp3) is 0.412. The maximum absolute atomic E-state index is 3.35. The van der Waals surface area contributed by atoms with Gasteiger partial charge in [-0.3, -0.25) is 0 Å². The molecule has 1 heterocycles. The Bertz CT molecular complexity index is 536. The Morgan fingerprint density at radius 3 is 2.58 bits per heavy atom. The smallest absolute Gasteiger partial charge is 0.0470 e. The predicted molar refractivity (Wildman–Crippen MR) is 81.5 cm³/mol. The third kappa shape index (κ3) is 3.27. The van der Waals surface area contributed by atoms with Gasteiger partial charge >= 0.3 is 0 Å². The van der Waals surface area contributed by atoms with E-state index in [1.807, 2.05) is 7.05 Å². The highest BCUT2D eigenvalue weighted by Gasteiger charge is 2.08. The van der Waals surface area contributed by atoms with E-state index in [1.165, 1.54) is 22.3 Å². The van der Waals surface area contributed by atoms with Gasteiger partial charge in [0.05, 0.1) is 0 Å². The highest BCUT2D eigenvalue weighted by molar-refractivity contribution is 5.30. The molecular formula is C17H24N2. The maximum atomic E-state index is 3.35. The molecule has 102 valence electrons. The third-order valence-corrected chi connectivity index (χ3v) is 3.87. The fourth-order valence-electron chi connectivity index (χ4n) is 2.48. The van der Waals surface area contributed by atoms with Crippen LogP contribution in [0.3, 0.4) is 0 Å². The highest BCUT2D eigenvalue weighted by Crippen LogP contribution is 2.17. The van der Waals surface area contributed by atoms with Gasteiger partial charge in [0.15, 0.2) is 0 Å². The lowest BCUT2D eigenvalue weighted by Crippen LogP contribution is -2.14. The summed E-state index contributed by atoms with van der Waals surface area (Å²) in [6, 6.07) is 9.38. The molecular weight excluding hydrogens is 232 g/mol. The Hall–Kier alpha value is -1.54. The number of hydrogen-bond donors (Lipinski definition) is 1. The second kappa shape index (κ2) is 6.07. The lowest BCUT2D eigenvalue weighted by atomic mass is 10.1. The van der Waals surface area contributed by atoms with Crippen LogP contribution >= 0.6 is 0 Å². The molecule has 0 spiro atoms. The molecule has 1 aromatic carbocycles. The number of benzene rings is 1. The van der Waals surface area contributed by atoms with Crippen molar-refractivity contribution in [2.24, 2.45) is 0 Å². The van der Waals surface area contributed by atoms with Crippen LogP contribution in [0, 0.1) is 13.8 Å². The molecule has 1 aromatic heterocycles. The Morgan fingerprint density at radius 2 is 1.95 bits per heavy atom. The Morgan fingerprint density at radius 1 is 1.16 bits per heavy atom. The largest absolute Gasteiger partial charge is 0.350 e. The number of aromatic nitrogens is 1. The summed E-state index contributed by atoms with van der Waals surface area (Å²) in [5.74, 6) is 0. The zero-order valence-electron chi connectivity index (χ0n) is 12.4. The summed E-state index contributed by atoms with van der Waals surface area (Å²) in [5.41, 5.74) is 5.46. The molecule has 0 saturated carbocycles. The normalized spacial score (nSPS) is 12.6. The van der Waals surface area contributed by atoms with E-state index in [2.05, 4.69) is 67.3 Å². The molecule has 2 nitrogen and oxygen atoms in total. The molecule has 0 aliphatic rings. The second-order valence-electron chi connectivity index (χ2n) is 5.29. The quantitative estimate of drug-likeness (QED) is 0.860. The van der Waals surface area contributed by atoms with Crippen molar-refractivity contribution in [2.75, 3.05) is 7.05 Å². The summed E-state index contributed by atoms with van der Waals surface area (Å²) in [7, 11) is 2.02. The van der Waals surface area contributed by atoms with Crippen molar-refractivity contribution in [3.05, 3.63) is 58.9 Å². The van der Waals surface area contributed by atoms with E-state index >= 15 is 0 Å². The van der Waals surface area contributed by atoms with Gasteiger partial charge in [0.25, 0.3) is 0 Å². The third-order valence-electron chi connectivity index (χ3n) is 3.87. The van der Waals surface area contributed by atoms with Crippen LogP contribution in [-0.4, -0.2) is 11.6 Å². The summed E-state index contributed by atoms with van der Waals surface area (Å²) in [4.78, 5) is 0. The number of aryl methyl sites for hydroxylation is 2. The summed E-state index contributed by atoms with van der Waals surface area (Å²) >= 11 is 0. The van der Waals surface area contributed by atoms with E-state index in [-0.39, 0.29) is 0 Å². The van der Waals surface area contributed by atoms with Crippen molar-refractivity contribution in [1.82, 2.24) is 9.88 Å². The zero-order chi connectivity index (χ0) is 13.8. The molecule has 0 bridgehead atoms. The molecule has 0 aliphatic carbocycles.